The Morgan fingerprint density at radius 1 is 0.322 bits per heavy atom. The van der Waals surface area contributed by atoms with Crippen LogP contribution in [0.25, 0.3) is 0 Å². The molecule has 0 amide bonds. The highest BCUT2D eigenvalue weighted by Crippen LogP contribution is 2.45. The Labute approximate surface area is 530 Å². The summed E-state index contributed by atoms with van der Waals surface area (Å²) in [5.41, 5.74) is 0. The molecule has 3 unspecified atom stereocenters. The molecule has 0 fully saturated rings. The lowest BCUT2D eigenvalue weighted by Crippen LogP contribution is -2.30. The van der Waals surface area contributed by atoms with E-state index in [2.05, 4.69) is 34.6 Å². The van der Waals surface area contributed by atoms with Gasteiger partial charge in [-0.2, -0.15) is 0 Å². The van der Waals surface area contributed by atoms with Crippen molar-refractivity contribution in [2.75, 3.05) is 39.6 Å². The van der Waals surface area contributed by atoms with Gasteiger partial charge in [0.25, 0.3) is 0 Å². The van der Waals surface area contributed by atoms with Gasteiger partial charge in [-0.25, -0.2) is 9.13 Å². The second-order valence-electron chi connectivity index (χ2n) is 24.8. The number of hydrogen-bond donors (Lipinski definition) is 3. The third-order valence-corrected chi connectivity index (χ3v) is 18.0. The van der Waals surface area contributed by atoms with E-state index in [0.29, 0.717) is 25.7 Å². The van der Waals surface area contributed by atoms with Gasteiger partial charge in [-0.1, -0.05) is 298 Å². The number of esters is 4. The van der Waals surface area contributed by atoms with Gasteiger partial charge >= 0.3 is 39.5 Å². The van der Waals surface area contributed by atoms with Crippen LogP contribution in [-0.4, -0.2) is 96.7 Å². The highest BCUT2D eigenvalue weighted by atomic mass is 31.2. The molecule has 3 N–H and O–H groups in total. The lowest BCUT2D eigenvalue weighted by atomic mass is 9.99. The smallest absolute Gasteiger partial charge is 0.462 e. The first-order valence-electron chi connectivity index (χ1n) is 35.7. The van der Waals surface area contributed by atoms with E-state index in [1.807, 2.05) is 0 Å². The number of hydrogen-bond acceptors (Lipinski definition) is 15. The standard InChI is InChI=1S/C68H132O17P2/c1-6-10-13-16-19-21-23-25-26-28-30-32-38-43-48-53-67(72)84-64(58-79-66(71)52-47-42-37-31-29-27-24-22-20-17-14-11-7-2)60-83-87(76,77)81-56-62(69)55-80-86(74,75)82-59-63(57-78-65(70)51-46-41-35-18-15-12-8-3)85-68(73)54-49-44-39-34-33-36-40-45-50-61(5)9-4/h61-64,69H,6-60H2,1-5H3,(H,74,75)(H,76,77)/t61?,62-,63+,64+/m0/s1. The number of aliphatic hydroxyl groups excluding tert-OH is 1. The van der Waals surface area contributed by atoms with Crippen LogP contribution in [0.5, 0.6) is 0 Å². The fourth-order valence-electron chi connectivity index (χ4n) is 10.3. The average Bonchev–Trinajstić information content (AvgIpc) is 3.69. The SMILES string of the molecule is CCCCCCCCCCCCCCCCCC(=O)O[C@H](COC(=O)CCCCCCCCCCCCCCC)COP(=O)(O)OC[C@@H](O)COP(=O)(O)OC[C@@H](COC(=O)CCCCCCCCC)OC(=O)CCCCCCCCCCC(C)CC. The van der Waals surface area contributed by atoms with Crippen molar-refractivity contribution in [3.63, 3.8) is 0 Å². The van der Waals surface area contributed by atoms with Gasteiger partial charge in [0.05, 0.1) is 26.4 Å². The van der Waals surface area contributed by atoms with Crippen molar-refractivity contribution in [1.29, 1.82) is 0 Å². The Bertz CT molecular complexity index is 1690. The Morgan fingerprint density at radius 3 is 0.816 bits per heavy atom. The molecule has 87 heavy (non-hydrogen) atoms. The molecule has 0 heterocycles. The van der Waals surface area contributed by atoms with Crippen molar-refractivity contribution in [2.45, 2.75) is 368 Å². The largest absolute Gasteiger partial charge is 0.472 e. The van der Waals surface area contributed by atoms with Gasteiger partial charge < -0.3 is 33.8 Å². The van der Waals surface area contributed by atoms with Crippen molar-refractivity contribution in [1.82, 2.24) is 0 Å². The van der Waals surface area contributed by atoms with E-state index >= 15 is 0 Å². The highest BCUT2D eigenvalue weighted by Gasteiger charge is 2.30. The van der Waals surface area contributed by atoms with E-state index in [1.54, 1.807) is 0 Å². The van der Waals surface area contributed by atoms with E-state index in [4.69, 9.17) is 37.0 Å². The van der Waals surface area contributed by atoms with Crippen molar-refractivity contribution >= 4 is 39.5 Å². The third-order valence-electron chi connectivity index (χ3n) is 16.1. The van der Waals surface area contributed by atoms with Gasteiger partial charge in [0.2, 0.25) is 0 Å². The summed E-state index contributed by atoms with van der Waals surface area (Å²) in [5, 5.41) is 10.6. The van der Waals surface area contributed by atoms with Crippen LogP contribution in [0.1, 0.15) is 349 Å². The molecule has 17 nitrogen and oxygen atoms in total. The number of carbonyl (C=O) groups excluding carboxylic acids is 4. The molecule has 19 heteroatoms. The van der Waals surface area contributed by atoms with Gasteiger partial charge in [0.1, 0.15) is 19.3 Å². The van der Waals surface area contributed by atoms with Gasteiger partial charge in [-0.3, -0.25) is 37.3 Å². The summed E-state index contributed by atoms with van der Waals surface area (Å²) in [6, 6.07) is 0. The molecule has 516 valence electrons. The van der Waals surface area contributed by atoms with Crippen LogP contribution in [0.2, 0.25) is 0 Å². The molecule has 0 saturated heterocycles. The summed E-state index contributed by atoms with van der Waals surface area (Å²) in [4.78, 5) is 72.3. The molecule has 0 aromatic carbocycles. The van der Waals surface area contributed by atoms with Crippen molar-refractivity contribution < 1.29 is 80.2 Å². The zero-order valence-corrected chi connectivity index (χ0v) is 57.9. The van der Waals surface area contributed by atoms with Crippen LogP contribution in [0.4, 0.5) is 0 Å². The minimum atomic E-state index is -4.95. The topological polar surface area (TPSA) is 237 Å². The summed E-state index contributed by atoms with van der Waals surface area (Å²) in [5.74, 6) is -1.36. The Kier molecular flexibility index (Phi) is 60.2. The zero-order chi connectivity index (χ0) is 64.2. The normalized spacial score (nSPS) is 14.4. The second-order valence-corrected chi connectivity index (χ2v) is 27.7. The second kappa shape index (κ2) is 61.6. The lowest BCUT2D eigenvalue weighted by molar-refractivity contribution is -0.161. The number of ether oxygens (including phenoxy) is 4. The molecule has 0 aromatic heterocycles. The number of rotatable bonds is 68. The predicted molar refractivity (Wildman–Crippen MR) is 349 cm³/mol. The minimum Gasteiger partial charge on any atom is -0.462 e. The summed E-state index contributed by atoms with van der Waals surface area (Å²) in [6.45, 7) is 7.19. The molecular weight excluding hydrogens is 1150 g/mol. The average molecular weight is 1280 g/mol. The molecule has 0 aliphatic rings. The molecule has 0 aliphatic heterocycles. The Morgan fingerprint density at radius 2 is 0.552 bits per heavy atom. The molecule has 0 radical (unpaired) electrons. The number of aliphatic hydroxyl groups is 1. The molecule has 0 aromatic rings. The van der Waals surface area contributed by atoms with Crippen molar-refractivity contribution in [3.05, 3.63) is 0 Å². The van der Waals surface area contributed by atoms with Crippen molar-refractivity contribution in [3.8, 4) is 0 Å². The van der Waals surface area contributed by atoms with Gasteiger partial charge in [-0.05, 0) is 31.6 Å². The van der Waals surface area contributed by atoms with Crippen LogP contribution in [0, 0.1) is 5.92 Å². The fraction of sp³-hybridized carbons (Fsp3) is 0.941. The number of carbonyl (C=O) groups is 4. The monoisotopic (exact) mass is 1280 g/mol. The lowest BCUT2D eigenvalue weighted by Gasteiger charge is -2.21. The number of phosphoric acid groups is 2. The van der Waals surface area contributed by atoms with Gasteiger partial charge in [0, 0.05) is 25.7 Å². The van der Waals surface area contributed by atoms with E-state index in [0.717, 1.165) is 109 Å². The fourth-order valence-corrected chi connectivity index (χ4v) is 11.8. The molecule has 0 saturated carbocycles. The Balaban J connectivity index is 5.22. The first-order chi connectivity index (χ1) is 42.1. The molecule has 0 aliphatic carbocycles. The third kappa shape index (κ3) is 61.3. The van der Waals surface area contributed by atoms with E-state index in [1.165, 1.54) is 161 Å². The van der Waals surface area contributed by atoms with Crippen LogP contribution in [0.15, 0.2) is 0 Å². The molecule has 0 rings (SSSR count). The highest BCUT2D eigenvalue weighted by molar-refractivity contribution is 7.47. The van der Waals surface area contributed by atoms with Gasteiger partial charge in [0.15, 0.2) is 12.2 Å². The maximum absolute atomic E-state index is 13.0. The molecule has 0 spiro atoms. The maximum atomic E-state index is 13.0. The van der Waals surface area contributed by atoms with Crippen LogP contribution in [-0.2, 0) is 65.4 Å². The van der Waals surface area contributed by atoms with Crippen molar-refractivity contribution in [2.24, 2.45) is 5.92 Å². The van der Waals surface area contributed by atoms with Crippen LogP contribution >= 0.6 is 15.6 Å². The van der Waals surface area contributed by atoms with Crippen LogP contribution in [0.3, 0.4) is 0 Å². The van der Waals surface area contributed by atoms with E-state index < -0.39 is 97.5 Å². The van der Waals surface area contributed by atoms with E-state index in [9.17, 15) is 43.2 Å². The first kappa shape index (κ1) is 85.1. The summed E-state index contributed by atoms with van der Waals surface area (Å²) in [6.07, 6.45) is 47.2. The zero-order valence-electron chi connectivity index (χ0n) is 56.2. The predicted octanol–water partition coefficient (Wildman–Crippen LogP) is 19.4. The van der Waals surface area contributed by atoms with E-state index in [-0.39, 0.29) is 25.7 Å². The quantitative estimate of drug-likeness (QED) is 0.0222. The molecule has 6 atom stereocenters. The summed E-state index contributed by atoms with van der Waals surface area (Å²) < 4.78 is 68.1. The summed E-state index contributed by atoms with van der Waals surface area (Å²) >= 11 is 0. The maximum Gasteiger partial charge on any atom is 0.472 e. The number of unbranched alkanes of at least 4 members (excludes halogenated alkanes) is 39. The molecule has 0 bridgehead atoms. The number of phosphoric ester groups is 2. The first-order valence-corrected chi connectivity index (χ1v) is 38.7. The molecular formula is C68H132O17P2. The van der Waals surface area contributed by atoms with Gasteiger partial charge in [-0.15, -0.1) is 0 Å². The summed E-state index contributed by atoms with van der Waals surface area (Å²) in [7, 11) is -9.89. The van der Waals surface area contributed by atoms with Crippen LogP contribution < -0.4 is 0 Å². The Hall–Kier alpha value is -1.94. The minimum absolute atomic E-state index is 0.105.